The van der Waals surface area contributed by atoms with Crippen molar-refractivity contribution in [3.8, 4) is 0 Å². The minimum absolute atomic E-state index is 0.00598. The summed E-state index contributed by atoms with van der Waals surface area (Å²) in [6.45, 7) is 9.33. The van der Waals surface area contributed by atoms with Gasteiger partial charge in [-0.05, 0) is 91.2 Å². The average Bonchev–Trinajstić information content (AvgIpc) is 3.26. The van der Waals surface area contributed by atoms with Crippen LogP contribution in [0.25, 0.3) is 0 Å². The maximum absolute atomic E-state index is 13.6. The Morgan fingerprint density at radius 2 is 1.82 bits per heavy atom. The molecule has 38 heavy (non-hydrogen) atoms. The number of Topliss-reactive ketones (excluding diaryl/α,β-unsaturated/α-hetero) is 1. The third kappa shape index (κ3) is 4.07. The highest BCUT2D eigenvalue weighted by molar-refractivity contribution is 5.92. The molecule has 2 saturated carbocycles. The lowest BCUT2D eigenvalue weighted by atomic mass is 9.47. The van der Waals surface area contributed by atoms with Crippen LogP contribution in [0.2, 0.25) is 0 Å². The highest BCUT2D eigenvalue weighted by Gasteiger charge is 2.63. The second-order valence-electron chi connectivity index (χ2n) is 12.6. The second kappa shape index (κ2) is 9.48. The zero-order valence-corrected chi connectivity index (χ0v) is 22.8. The van der Waals surface area contributed by atoms with Crippen molar-refractivity contribution in [1.29, 1.82) is 0 Å². The fraction of sp³-hybridized carbons (Fsp3) is 0.594. The van der Waals surface area contributed by atoms with E-state index < -0.39 is 0 Å². The topological polar surface area (TPSA) is 72.9 Å². The van der Waals surface area contributed by atoms with E-state index in [9.17, 15) is 14.4 Å². The molecule has 0 N–H and O–H groups in total. The largest absolute Gasteiger partial charge is 0.458 e. The van der Waals surface area contributed by atoms with Crippen LogP contribution >= 0.6 is 0 Å². The number of hydrogen-bond donors (Lipinski definition) is 0. The molecule has 5 aliphatic rings. The van der Waals surface area contributed by atoms with E-state index in [0.717, 1.165) is 43.6 Å². The van der Waals surface area contributed by atoms with Gasteiger partial charge in [-0.25, -0.2) is 4.79 Å². The summed E-state index contributed by atoms with van der Waals surface area (Å²) in [6, 6.07) is 7.70. The van der Waals surface area contributed by atoms with Crippen molar-refractivity contribution in [1.82, 2.24) is 0 Å². The van der Waals surface area contributed by atoms with E-state index in [0.29, 0.717) is 37.5 Å². The van der Waals surface area contributed by atoms with E-state index in [2.05, 4.69) is 30.9 Å². The van der Waals surface area contributed by atoms with E-state index in [-0.39, 0.29) is 52.2 Å². The fourth-order valence-corrected chi connectivity index (χ4v) is 8.71. The molecule has 0 spiro atoms. The van der Waals surface area contributed by atoms with E-state index in [4.69, 9.17) is 9.47 Å². The molecular weight excluding hydrogens is 478 g/mol. The van der Waals surface area contributed by atoms with Gasteiger partial charge in [-0.2, -0.15) is 0 Å². The van der Waals surface area contributed by atoms with Crippen molar-refractivity contribution in [3.63, 3.8) is 0 Å². The van der Waals surface area contributed by atoms with Gasteiger partial charge >= 0.3 is 5.97 Å². The molecule has 1 heterocycles. The van der Waals surface area contributed by atoms with E-state index in [1.807, 2.05) is 24.3 Å². The number of carbonyl (C=O) groups excluding carboxylic acids is 3. The number of rotatable bonds is 4. The normalized spacial score (nSPS) is 38.1. The molecule has 0 amide bonds. The molecule has 202 valence electrons. The van der Waals surface area contributed by atoms with Gasteiger partial charge in [0.25, 0.3) is 0 Å². The standard InChI is InChI=1S/C32H39NO5/c1-20(34)26-10-11-27-25-9-6-22-18-24(35)12-13-31(22,2)29(25)28(19-32(26,27)3)38-30(36)21-4-7-23(8-5-21)33-14-16-37-17-15-33/h4-9,18,25-29H,10-17,19H2,1-3H3/t25-,26+,27-,28-,29-,31+,32+/m0/s1. The Hall–Kier alpha value is -2.73. The summed E-state index contributed by atoms with van der Waals surface area (Å²) in [5.41, 5.74) is 2.26. The number of esters is 1. The molecule has 1 aromatic rings. The van der Waals surface area contributed by atoms with Gasteiger partial charge in [0.1, 0.15) is 11.9 Å². The predicted octanol–water partition coefficient (Wildman–Crippen LogP) is 5.17. The van der Waals surface area contributed by atoms with Crippen LogP contribution in [0.4, 0.5) is 5.69 Å². The number of ether oxygens (including phenoxy) is 2. The van der Waals surface area contributed by atoms with Crippen LogP contribution in [0.15, 0.2) is 48.1 Å². The van der Waals surface area contributed by atoms with E-state index >= 15 is 0 Å². The van der Waals surface area contributed by atoms with Crippen molar-refractivity contribution in [2.24, 2.45) is 34.5 Å². The SMILES string of the molecule is CC(=O)[C@H]1CC[C@H]2[C@@H]3C=CC4=CC(=O)CC[C@@]4(C)[C@@H]3[C@@H](OC(=O)c3ccc(N4CCOCC4)cc3)C[C@]12C. The lowest BCUT2D eigenvalue weighted by Gasteiger charge is -2.58. The van der Waals surface area contributed by atoms with Crippen molar-refractivity contribution < 1.29 is 23.9 Å². The van der Waals surface area contributed by atoms with Crippen molar-refractivity contribution in [2.45, 2.75) is 59.0 Å². The molecule has 6 rings (SSSR count). The first-order valence-corrected chi connectivity index (χ1v) is 14.3. The molecule has 4 aliphatic carbocycles. The predicted molar refractivity (Wildman–Crippen MR) is 145 cm³/mol. The van der Waals surface area contributed by atoms with Gasteiger partial charge in [0.15, 0.2) is 5.78 Å². The zero-order chi connectivity index (χ0) is 26.7. The molecule has 3 fully saturated rings. The Kier molecular flexibility index (Phi) is 6.37. The number of carbonyl (C=O) groups is 3. The number of anilines is 1. The van der Waals surface area contributed by atoms with Gasteiger partial charge in [-0.1, -0.05) is 26.0 Å². The van der Waals surface area contributed by atoms with Crippen LogP contribution in [-0.4, -0.2) is 49.9 Å². The summed E-state index contributed by atoms with van der Waals surface area (Å²) in [6.07, 6.45) is 9.79. The molecule has 0 radical (unpaired) electrons. The Balaban J connectivity index is 1.32. The molecule has 6 nitrogen and oxygen atoms in total. The molecule has 6 heteroatoms. The first-order chi connectivity index (χ1) is 18.2. The fourth-order valence-electron chi connectivity index (χ4n) is 8.71. The number of fused-ring (bicyclic) bond motifs is 5. The third-order valence-electron chi connectivity index (χ3n) is 10.7. The van der Waals surface area contributed by atoms with Gasteiger partial charge in [0.2, 0.25) is 0 Å². The molecule has 1 aromatic carbocycles. The number of benzene rings is 1. The average molecular weight is 518 g/mol. The summed E-state index contributed by atoms with van der Waals surface area (Å²) >= 11 is 0. The number of ketones is 2. The Labute approximate surface area is 225 Å². The molecular formula is C32H39NO5. The summed E-state index contributed by atoms with van der Waals surface area (Å²) < 4.78 is 11.9. The number of hydrogen-bond acceptors (Lipinski definition) is 6. The highest BCUT2D eigenvalue weighted by Crippen LogP contribution is 2.65. The molecule has 7 atom stereocenters. The summed E-state index contributed by atoms with van der Waals surface area (Å²) in [5.74, 6) is 0.782. The van der Waals surface area contributed by atoms with Crippen LogP contribution in [0.1, 0.15) is 63.2 Å². The number of morpholine rings is 1. The lowest BCUT2D eigenvalue weighted by molar-refractivity contribution is -0.135. The summed E-state index contributed by atoms with van der Waals surface area (Å²) in [4.78, 5) is 40.9. The minimum atomic E-state index is -0.320. The maximum atomic E-state index is 13.6. The molecule has 1 saturated heterocycles. The van der Waals surface area contributed by atoms with Gasteiger partial charge in [0, 0.05) is 37.0 Å². The molecule has 0 aromatic heterocycles. The summed E-state index contributed by atoms with van der Waals surface area (Å²) in [5, 5.41) is 0. The highest BCUT2D eigenvalue weighted by atomic mass is 16.5. The smallest absolute Gasteiger partial charge is 0.338 e. The van der Waals surface area contributed by atoms with Gasteiger partial charge in [-0.15, -0.1) is 0 Å². The Morgan fingerprint density at radius 1 is 1.08 bits per heavy atom. The van der Waals surface area contributed by atoms with Gasteiger partial charge < -0.3 is 14.4 Å². The molecule has 1 aliphatic heterocycles. The second-order valence-corrected chi connectivity index (χ2v) is 12.6. The van der Waals surface area contributed by atoms with Crippen molar-refractivity contribution in [2.75, 3.05) is 31.2 Å². The maximum Gasteiger partial charge on any atom is 0.338 e. The van der Waals surface area contributed by atoms with Crippen LogP contribution in [0.5, 0.6) is 0 Å². The number of allylic oxidation sites excluding steroid dienone is 4. The van der Waals surface area contributed by atoms with Gasteiger partial charge in [0.05, 0.1) is 18.8 Å². The van der Waals surface area contributed by atoms with E-state index in [1.165, 1.54) is 0 Å². The van der Waals surface area contributed by atoms with Crippen LogP contribution in [-0.2, 0) is 19.1 Å². The van der Waals surface area contributed by atoms with Gasteiger partial charge in [-0.3, -0.25) is 9.59 Å². The van der Waals surface area contributed by atoms with Crippen molar-refractivity contribution >= 4 is 23.2 Å². The van der Waals surface area contributed by atoms with Crippen molar-refractivity contribution in [3.05, 3.63) is 53.6 Å². The lowest BCUT2D eigenvalue weighted by Crippen LogP contribution is -2.56. The Bertz CT molecular complexity index is 1190. The minimum Gasteiger partial charge on any atom is -0.458 e. The first kappa shape index (κ1) is 25.5. The third-order valence-corrected chi connectivity index (χ3v) is 10.7. The van der Waals surface area contributed by atoms with Crippen LogP contribution in [0.3, 0.4) is 0 Å². The number of nitrogens with zero attached hydrogens (tertiary/aromatic N) is 1. The molecule has 0 unspecified atom stereocenters. The summed E-state index contributed by atoms with van der Waals surface area (Å²) in [7, 11) is 0. The molecule has 0 bridgehead atoms. The zero-order valence-electron chi connectivity index (χ0n) is 22.8. The monoisotopic (exact) mass is 517 g/mol. The van der Waals surface area contributed by atoms with Crippen LogP contribution < -0.4 is 4.90 Å². The van der Waals surface area contributed by atoms with Crippen LogP contribution in [0, 0.1) is 34.5 Å². The first-order valence-electron chi connectivity index (χ1n) is 14.3. The Morgan fingerprint density at radius 3 is 2.53 bits per heavy atom. The quantitative estimate of drug-likeness (QED) is 0.513. The van der Waals surface area contributed by atoms with E-state index in [1.54, 1.807) is 13.0 Å².